The van der Waals surface area contributed by atoms with Gasteiger partial charge in [-0.1, -0.05) is 36.4 Å². The van der Waals surface area contributed by atoms with Gasteiger partial charge in [-0.25, -0.2) is 9.59 Å². The SMILES string of the molecule is COC(=O)c1ccccc1-c1ccc(/C=C\C=N)c(N(Cc2ncc(C)c(OC)c2C)C(=O)OC(C)(C)C)c1. The van der Waals surface area contributed by atoms with Crippen molar-refractivity contribution in [3.63, 3.8) is 0 Å². The number of aromatic nitrogens is 1. The molecule has 0 radical (unpaired) electrons. The molecule has 0 aliphatic rings. The van der Waals surface area contributed by atoms with Gasteiger partial charge in [0.1, 0.15) is 11.4 Å². The number of allylic oxidation sites excluding steroid dienone is 1. The summed E-state index contributed by atoms with van der Waals surface area (Å²) >= 11 is 0. The molecule has 1 N–H and O–H groups in total. The van der Waals surface area contributed by atoms with Crippen LogP contribution in [0.25, 0.3) is 17.2 Å². The van der Waals surface area contributed by atoms with Gasteiger partial charge in [0.2, 0.25) is 0 Å². The number of rotatable bonds is 8. The summed E-state index contributed by atoms with van der Waals surface area (Å²) < 4.78 is 16.4. The molecule has 8 heteroatoms. The lowest BCUT2D eigenvalue weighted by Crippen LogP contribution is -2.37. The number of methoxy groups -OCH3 is 2. The summed E-state index contributed by atoms with van der Waals surface area (Å²) in [5.41, 5.74) is 4.57. The average Bonchev–Trinajstić information content (AvgIpc) is 2.90. The molecule has 1 heterocycles. The van der Waals surface area contributed by atoms with Crippen LogP contribution in [0.15, 0.2) is 54.7 Å². The lowest BCUT2D eigenvalue weighted by Gasteiger charge is -2.29. The summed E-state index contributed by atoms with van der Waals surface area (Å²) in [6.07, 6.45) is 5.63. The maximum atomic E-state index is 13.7. The molecular formula is C31H35N3O5. The highest BCUT2D eigenvalue weighted by Crippen LogP contribution is 2.34. The van der Waals surface area contributed by atoms with Gasteiger partial charge in [-0.3, -0.25) is 9.88 Å². The van der Waals surface area contributed by atoms with Gasteiger partial charge >= 0.3 is 12.1 Å². The second kappa shape index (κ2) is 12.4. The maximum Gasteiger partial charge on any atom is 0.415 e. The van der Waals surface area contributed by atoms with E-state index in [9.17, 15) is 9.59 Å². The standard InChI is InChI=1S/C31H35N3O5/c1-20-18-33-26(21(2)28(20)37-6)19-34(30(36)39-31(3,4)5)27-17-23(15-14-22(27)11-10-16-32)24-12-8-9-13-25(24)29(35)38-7/h8-18,32H,19H2,1-7H3/b11-10-,32-16?. The third-order valence-corrected chi connectivity index (χ3v) is 6.01. The number of amides is 1. The second-order valence-corrected chi connectivity index (χ2v) is 9.95. The number of esters is 1. The fraction of sp³-hybridized carbons (Fsp3) is 0.290. The molecular weight excluding hydrogens is 494 g/mol. The van der Waals surface area contributed by atoms with Crippen LogP contribution in [-0.2, 0) is 16.0 Å². The van der Waals surface area contributed by atoms with Crippen molar-refractivity contribution >= 4 is 30.0 Å². The van der Waals surface area contributed by atoms with Gasteiger partial charge in [-0.15, -0.1) is 0 Å². The lowest BCUT2D eigenvalue weighted by atomic mass is 9.97. The molecule has 0 spiro atoms. The van der Waals surface area contributed by atoms with Crippen LogP contribution in [0.2, 0.25) is 0 Å². The molecule has 0 unspecified atom stereocenters. The number of pyridine rings is 1. The molecule has 8 nitrogen and oxygen atoms in total. The molecule has 39 heavy (non-hydrogen) atoms. The van der Waals surface area contributed by atoms with Crippen LogP contribution in [0.3, 0.4) is 0 Å². The van der Waals surface area contributed by atoms with Crippen LogP contribution in [0, 0.1) is 19.3 Å². The van der Waals surface area contributed by atoms with E-state index in [1.807, 2.05) is 44.2 Å². The third-order valence-electron chi connectivity index (χ3n) is 6.01. The Kier molecular flexibility index (Phi) is 9.24. The fourth-order valence-electron chi connectivity index (χ4n) is 4.21. The molecule has 0 fully saturated rings. The predicted molar refractivity (Wildman–Crippen MR) is 154 cm³/mol. The third kappa shape index (κ3) is 6.90. The van der Waals surface area contributed by atoms with Gasteiger partial charge in [0.15, 0.2) is 0 Å². The van der Waals surface area contributed by atoms with E-state index in [-0.39, 0.29) is 6.54 Å². The van der Waals surface area contributed by atoms with E-state index in [1.165, 1.54) is 18.2 Å². The fourth-order valence-corrected chi connectivity index (χ4v) is 4.21. The Morgan fingerprint density at radius 2 is 1.79 bits per heavy atom. The topological polar surface area (TPSA) is 102 Å². The zero-order valence-electron chi connectivity index (χ0n) is 23.5. The average molecular weight is 530 g/mol. The quantitative estimate of drug-likeness (QED) is 0.255. The summed E-state index contributed by atoms with van der Waals surface area (Å²) in [6, 6.07) is 12.7. The van der Waals surface area contributed by atoms with Gasteiger partial charge in [0.05, 0.1) is 37.7 Å². The van der Waals surface area contributed by atoms with Gasteiger partial charge < -0.3 is 19.6 Å². The first-order valence-corrected chi connectivity index (χ1v) is 12.5. The first kappa shape index (κ1) is 29.1. The molecule has 0 atom stereocenters. The van der Waals surface area contributed by atoms with E-state index >= 15 is 0 Å². The highest BCUT2D eigenvalue weighted by atomic mass is 16.6. The number of ether oxygens (including phenoxy) is 3. The number of hydrogen-bond donors (Lipinski definition) is 1. The number of anilines is 1. The summed E-state index contributed by atoms with van der Waals surface area (Å²) in [4.78, 5) is 32.3. The van der Waals surface area contributed by atoms with Crippen molar-refractivity contribution in [1.29, 1.82) is 5.41 Å². The summed E-state index contributed by atoms with van der Waals surface area (Å²) in [5.74, 6) is 0.240. The Bertz CT molecular complexity index is 1410. The van der Waals surface area contributed by atoms with Crippen LogP contribution in [0.4, 0.5) is 10.5 Å². The Morgan fingerprint density at radius 3 is 2.44 bits per heavy atom. The van der Waals surface area contributed by atoms with Crippen molar-refractivity contribution in [1.82, 2.24) is 4.98 Å². The number of benzene rings is 2. The van der Waals surface area contributed by atoms with Gasteiger partial charge in [0, 0.05) is 23.5 Å². The molecule has 0 bridgehead atoms. The van der Waals surface area contributed by atoms with Crippen LogP contribution in [0.1, 0.15) is 53.5 Å². The van der Waals surface area contributed by atoms with Crippen LogP contribution in [-0.4, -0.2) is 43.1 Å². The zero-order chi connectivity index (χ0) is 28.7. The minimum absolute atomic E-state index is 0.102. The zero-order valence-corrected chi connectivity index (χ0v) is 23.5. The van der Waals surface area contributed by atoms with E-state index in [0.717, 1.165) is 11.1 Å². The maximum absolute atomic E-state index is 13.7. The summed E-state index contributed by atoms with van der Waals surface area (Å²) in [6.45, 7) is 9.34. The van der Waals surface area contributed by atoms with Crippen LogP contribution < -0.4 is 9.64 Å². The van der Waals surface area contributed by atoms with Crippen molar-refractivity contribution in [3.05, 3.63) is 82.7 Å². The first-order valence-electron chi connectivity index (χ1n) is 12.5. The lowest BCUT2D eigenvalue weighted by molar-refractivity contribution is 0.0573. The smallest absolute Gasteiger partial charge is 0.415 e. The number of nitrogens with zero attached hydrogens (tertiary/aromatic N) is 2. The molecule has 204 valence electrons. The van der Waals surface area contributed by atoms with Gasteiger partial charge in [-0.2, -0.15) is 0 Å². The molecule has 1 aromatic heterocycles. The van der Waals surface area contributed by atoms with E-state index < -0.39 is 17.7 Å². The number of hydrogen-bond acceptors (Lipinski definition) is 7. The van der Waals surface area contributed by atoms with Crippen molar-refractivity contribution in [3.8, 4) is 16.9 Å². The first-order chi connectivity index (χ1) is 18.5. The highest BCUT2D eigenvalue weighted by molar-refractivity contribution is 5.99. The summed E-state index contributed by atoms with van der Waals surface area (Å²) in [7, 11) is 2.94. The summed E-state index contributed by atoms with van der Waals surface area (Å²) in [5, 5.41) is 7.49. The van der Waals surface area contributed by atoms with E-state index in [4.69, 9.17) is 19.6 Å². The van der Waals surface area contributed by atoms with E-state index in [0.29, 0.717) is 39.4 Å². The molecule has 0 saturated carbocycles. The Morgan fingerprint density at radius 1 is 1.08 bits per heavy atom. The van der Waals surface area contributed by atoms with Gasteiger partial charge in [0.25, 0.3) is 0 Å². The van der Waals surface area contributed by atoms with E-state index in [1.54, 1.807) is 58.4 Å². The minimum Gasteiger partial charge on any atom is -0.496 e. The Balaban J connectivity index is 2.26. The minimum atomic E-state index is -0.747. The number of nitrogens with one attached hydrogen (secondary N) is 1. The Hall–Kier alpha value is -4.46. The second-order valence-electron chi connectivity index (χ2n) is 9.95. The Labute approximate surface area is 229 Å². The van der Waals surface area contributed by atoms with Gasteiger partial charge in [-0.05, 0) is 69.5 Å². The van der Waals surface area contributed by atoms with Crippen LogP contribution >= 0.6 is 0 Å². The highest BCUT2D eigenvalue weighted by Gasteiger charge is 2.27. The van der Waals surface area contributed by atoms with Crippen LogP contribution in [0.5, 0.6) is 5.75 Å². The number of carbonyl (C=O) groups is 2. The monoisotopic (exact) mass is 529 g/mol. The predicted octanol–water partition coefficient (Wildman–Crippen LogP) is 6.77. The normalized spacial score (nSPS) is 11.3. The largest absolute Gasteiger partial charge is 0.496 e. The molecule has 3 aromatic rings. The molecule has 0 aliphatic carbocycles. The van der Waals surface area contributed by atoms with Crippen molar-refractivity contribution in [2.75, 3.05) is 19.1 Å². The number of carbonyl (C=O) groups excluding carboxylic acids is 2. The number of aryl methyl sites for hydroxylation is 1. The molecule has 0 saturated heterocycles. The van der Waals surface area contributed by atoms with Crippen molar-refractivity contribution in [2.45, 2.75) is 46.8 Å². The van der Waals surface area contributed by atoms with Crippen molar-refractivity contribution < 1.29 is 23.8 Å². The molecule has 2 aromatic carbocycles. The van der Waals surface area contributed by atoms with E-state index in [2.05, 4.69) is 4.98 Å². The molecule has 3 rings (SSSR count). The molecule has 0 aliphatic heterocycles. The van der Waals surface area contributed by atoms with Crippen molar-refractivity contribution in [2.24, 2.45) is 0 Å². The molecule has 1 amide bonds.